The average molecular weight is 299 g/mol. The number of nitrogen functional groups attached to an aromatic ring is 1. The summed E-state index contributed by atoms with van der Waals surface area (Å²) in [6, 6.07) is 14.5. The Hall–Kier alpha value is -2.47. The van der Waals surface area contributed by atoms with E-state index in [1.807, 2.05) is 24.3 Å². The fourth-order valence-corrected chi connectivity index (χ4v) is 3.00. The number of hydrogen-bond donors (Lipinski definition) is 3. The van der Waals surface area contributed by atoms with Crippen molar-refractivity contribution >= 4 is 34.5 Å². The molecule has 106 valence electrons. The molecular weight excluding hydrogens is 286 g/mol. The zero-order valence-corrected chi connectivity index (χ0v) is 11.8. The molecule has 4 N–H and O–H groups in total. The van der Waals surface area contributed by atoms with Crippen LogP contribution in [0.1, 0.15) is 10.8 Å². The predicted molar refractivity (Wildman–Crippen MR) is 83.2 cm³/mol. The van der Waals surface area contributed by atoms with Crippen molar-refractivity contribution in [3.05, 3.63) is 54.1 Å². The number of fused-ring (bicyclic) bond motifs is 1. The van der Waals surface area contributed by atoms with Crippen LogP contribution in [-0.4, -0.2) is 21.0 Å². The number of anilines is 1. The van der Waals surface area contributed by atoms with Crippen LogP contribution in [-0.2, 0) is 4.79 Å². The number of aromatic amines is 1. The molecular formula is C15H13N3O2S. The quantitative estimate of drug-likeness (QED) is 0.508. The van der Waals surface area contributed by atoms with Gasteiger partial charge in [-0.3, -0.25) is 4.79 Å². The number of carbonyl (C=O) groups is 1. The first-order valence-corrected chi connectivity index (χ1v) is 7.21. The standard InChI is InChI=1S/C15H13N3O2S/c16-10-6-7-11-12(8-10)18-15(17-11)21-13(14(19)20)9-4-2-1-3-5-9/h1-8,13H,16H2,(H,17,18)(H,19,20). The van der Waals surface area contributed by atoms with Crippen molar-refractivity contribution in [1.82, 2.24) is 9.97 Å². The lowest BCUT2D eigenvalue weighted by atomic mass is 10.1. The molecule has 1 aromatic heterocycles. The summed E-state index contributed by atoms with van der Waals surface area (Å²) in [5.41, 5.74) is 8.66. The number of carboxylic acid groups (broad SMARTS) is 1. The summed E-state index contributed by atoms with van der Waals surface area (Å²) < 4.78 is 0. The van der Waals surface area contributed by atoms with Gasteiger partial charge in [0.1, 0.15) is 5.25 Å². The fraction of sp³-hybridized carbons (Fsp3) is 0.0667. The maximum absolute atomic E-state index is 11.5. The largest absolute Gasteiger partial charge is 0.480 e. The highest BCUT2D eigenvalue weighted by molar-refractivity contribution is 8.00. The van der Waals surface area contributed by atoms with Crippen LogP contribution in [0.3, 0.4) is 0 Å². The van der Waals surface area contributed by atoms with Crippen molar-refractivity contribution in [3.8, 4) is 0 Å². The summed E-state index contributed by atoms with van der Waals surface area (Å²) in [5, 5.41) is 9.28. The monoisotopic (exact) mass is 299 g/mol. The minimum atomic E-state index is -0.897. The predicted octanol–water partition coefficient (Wildman–Crippen LogP) is 3.06. The van der Waals surface area contributed by atoms with Gasteiger partial charge in [-0.05, 0) is 23.8 Å². The van der Waals surface area contributed by atoms with E-state index in [4.69, 9.17) is 5.73 Å². The fourth-order valence-electron chi connectivity index (χ4n) is 2.06. The maximum atomic E-state index is 11.5. The molecule has 0 aliphatic rings. The molecule has 0 aliphatic carbocycles. The number of aliphatic carboxylic acids is 1. The number of nitrogens with one attached hydrogen (secondary N) is 1. The van der Waals surface area contributed by atoms with Gasteiger partial charge in [-0.1, -0.05) is 42.1 Å². The molecule has 0 bridgehead atoms. The molecule has 21 heavy (non-hydrogen) atoms. The SMILES string of the molecule is Nc1ccc2nc(SC(C(=O)O)c3ccccc3)[nH]c2c1. The van der Waals surface area contributed by atoms with E-state index in [1.165, 1.54) is 11.8 Å². The number of aromatic nitrogens is 2. The lowest BCUT2D eigenvalue weighted by molar-refractivity contribution is -0.136. The van der Waals surface area contributed by atoms with Crippen LogP contribution in [0.25, 0.3) is 11.0 Å². The van der Waals surface area contributed by atoms with Gasteiger partial charge in [-0.25, -0.2) is 4.98 Å². The number of nitrogens with two attached hydrogens (primary N) is 1. The molecule has 0 saturated carbocycles. The lowest BCUT2D eigenvalue weighted by Gasteiger charge is -2.10. The Balaban J connectivity index is 1.93. The molecule has 6 heteroatoms. The van der Waals surface area contributed by atoms with Crippen molar-refractivity contribution in [1.29, 1.82) is 0 Å². The third-order valence-corrected chi connectivity index (χ3v) is 4.17. The molecule has 0 radical (unpaired) electrons. The highest BCUT2D eigenvalue weighted by Crippen LogP contribution is 2.34. The Kier molecular flexibility index (Phi) is 3.53. The Morgan fingerprint density at radius 1 is 1.24 bits per heavy atom. The first kappa shape index (κ1) is 13.5. The van der Waals surface area contributed by atoms with Crippen LogP contribution in [0.15, 0.2) is 53.7 Å². The van der Waals surface area contributed by atoms with Crippen molar-refractivity contribution in [2.24, 2.45) is 0 Å². The molecule has 0 amide bonds. The number of H-pyrrole nitrogens is 1. The second-order valence-corrected chi connectivity index (χ2v) is 5.66. The Bertz CT molecular complexity index is 786. The van der Waals surface area contributed by atoms with Crippen molar-refractivity contribution < 1.29 is 9.90 Å². The Morgan fingerprint density at radius 2 is 2.00 bits per heavy atom. The van der Waals surface area contributed by atoms with Crippen LogP contribution in [0.4, 0.5) is 5.69 Å². The van der Waals surface area contributed by atoms with Gasteiger partial charge in [-0.15, -0.1) is 0 Å². The molecule has 1 atom stereocenters. The highest BCUT2D eigenvalue weighted by atomic mass is 32.2. The lowest BCUT2D eigenvalue weighted by Crippen LogP contribution is -2.08. The van der Waals surface area contributed by atoms with Gasteiger partial charge in [0, 0.05) is 5.69 Å². The summed E-state index contributed by atoms with van der Waals surface area (Å²) >= 11 is 1.17. The van der Waals surface area contributed by atoms with Gasteiger partial charge in [-0.2, -0.15) is 0 Å². The van der Waals surface area contributed by atoms with Crippen LogP contribution in [0.2, 0.25) is 0 Å². The van der Waals surface area contributed by atoms with Gasteiger partial charge >= 0.3 is 5.97 Å². The van der Waals surface area contributed by atoms with E-state index < -0.39 is 11.2 Å². The molecule has 3 rings (SSSR count). The van der Waals surface area contributed by atoms with E-state index in [1.54, 1.807) is 24.3 Å². The number of imidazole rings is 1. The van der Waals surface area contributed by atoms with E-state index >= 15 is 0 Å². The van der Waals surface area contributed by atoms with Crippen molar-refractivity contribution in [2.45, 2.75) is 10.4 Å². The van der Waals surface area contributed by atoms with E-state index in [-0.39, 0.29) is 0 Å². The molecule has 1 heterocycles. The first-order chi connectivity index (χ1) is 10.1. The van der Waals surface area contributed by atoms with Crippen molar-refractivity contribution in [3.63, 3.8) is 0 Å². The Labute approximate surface area is 125 Å². The highest BCUT2D eigenvalue weighted by Gasteiger charge is 2.22. The topological polar surface area (TPSA) is 92.0 Å². The van der Waals surface area contributed by atoms with Crippen LogP contribution in [0, 0.1) is 0 Å². The zero-order chi connectivity index (χ0) is 14.8. The van der Waals surface area contributed by atoms with E-state index in [0.717, 1.165) is 16.6 Å². The molecule has 2 aromatic carbocycles. The van der Waals surface area contributed by atoms with Crippen molar-refractivity contribution in [2.75, 3.05) is 5.73 Å². The van der Waals surface area contributed by atoms with Crippen LogP contribution < -0.4 is 5.73 Å². The summed E-state index contributed by atoms with van der Waals surface area (Å²) in [4.78, 5) is 19.0. The van der Waals surface area contributed by atoms with Gasteiger partial charge in [0.15, 0.2) is 5.16 Å². The van der Waals surface area contributed by atoms with Crippen LogP contribution in [0.5, 0.6) is 0 Å². The molecule has 0 aliphatic heterocycles. The third kappa shape index (κ3) is 2.85. The summed E-state index contributed by atoms with van der Waals surface area (Å²) in [6.07, 6.45) is 0. The van der Waals surface area contributed by atoms with Gasteiger partial charge < -0.3 is 15.8 Å². The number of benzene rings is 2. The second kappa shape index (κ2) is 5.49. The molecule has 0 spiro atoms. The Morgan fingerprint density at radius 3 is 2.71 bits per heavy atom. The summed E-state index contributed by atoms with van der Waals surface area (Å²) in [7, 11) is 0. The smallest absolute Gasteiger partial charge is 0.321 e. The van der Waals surface area contributed by atoms with Gasteiger partial charge in [0.25, 0.3) is 0 Å². The number of carboxylic acids is 1. The molecule has 1 unspecified atom stereocenters. The second-order valence-electron chi connectivity index (χ2n) is 4.57. The molecule has 3 aromatic rings. The third-order valence-electron chi connectivity index (χ3n) is 3.04. The minimum Gasteiger partial charge on any atom is -0.480 e. The molecule has 0 saturated heterocycles. The molecule has 0 fully saturated rings. The normalized spacial score (nSPS) is 12.4. The first-order valence-electron chi connectivity index (χ1n) is 6.33. The maximum Gasteiger partial charge on any atom is 0.321 e. The summed E-state index contributed by atoms with van der Waals surface area (Å²) in [5.74, 6) is -0.897. The van der Waals surface area contributed by atoms with Gasteiger partial charge in [0.05, 0.1) is 11.0 Å². The van der Waals surface area contributed by atoms with E-state index in [2.05, 4.69) is 9.97 Å². The molecule has 5 nitrogen and oxygen atoms in total. The number of hydrogen-bond acceptors (Lipinski definition) is 4. The van der Waals surface area contributed by atoms with E-state index in [0.29, 0.717) is 10.8 Å². The van der Waals surface area contributed by atoms with E-state index in [9.17, 15) is 9.90 Å². The number of nitrogens with zero attached hydrogens (tertiary/aromatic N) is 1. The van der Waals surface area contributed by atoms with Crippen LogP contribution >= 0.6 is 11.8 Å². The summed E-state index contributed by atoms with van der Waals surface area (Å²) in [6.45, 7) is 0. The average Bonchev–Trinajstić information content (AvgIpc) is 2.87. The number of thioether (sulfide) groups is 1. The number of rotatable bonds is 4. The minimum absolute atomic E-state index is 0.562. The zero-order valence-electron chi connectivity index (χ0n) is 11.0. The van der Waals surface area contributed by atoms with Gasteiger partial charge in [0.2, 0.25) is 0 Å².